The summed E-state index contributed by atoms with van der Waals surface area (Å²) in [5.74, 6) is -1.18. The highest BCUT2D eigenvalue weighted by molar-refractivity contribution is 5.96. The van der Waals surface area contributed by atoms with E-state index in [1.807, 2.05) is 31.2 Å². The number of hydrogen-bond acceptors (Lipinski definition) is 3. The maximum absolute atomic E-state index is 11.5. The topological polar surface area (TPSA) is 79.5 Å². The van der Waals surface area contributed by atoms with Crippen LogP contribution in [0, 0.1) is 6.92 Å². The molecule has 1 heterocycles. The summed E-state index contributed by atoms with van der Waals surface area (Å²) in [6.07, 6.45) is 1.09. The lowest BCUT2D eigenvalue weighted by atomic mass is 10.1. The predicted molar refractivity (Wildman–Crippen MR) is 77.6 cm³/mol. The molecule has 1 aromatic heterocycles. The number of aromatic carboxylic acids is 1. The fourth-order valence-electron chi connectivity index (χ4n) is 2.04. The molecule has 0 atom stereocenters. The summed E-state index contributed by atoms with van der Waals surface area (Å²) in [5, 5.41) is 11.6. The normalized spacial score (nSPS) is 10.4. The van der Waals surface area contributed by atoms with Crippen LogP contribution in [0.25, 0.3) is 0 Å². The number of carboxylic acid groups (broad SMARTS) is 1. The van der Waals surface area contributed by atoms with Gasteiger partial charge in [-0.2, -0.15) is 0 Å². The Morgan fingerprint density at radius 2 is 1.86 bits per heavy atom. The number of aryl methyl sites for hydroxylation is 3. The fourth-order valence-corrected chi connectivity index (χ4v) is 2.04. The van der Waals surface area contributed by atoms with Gasteiger partial charge in [0.25, 0.3) is 5.91 Å². The summed E-state index contributed by atoms with van der Waals surface area (Å²) in [4.78, 5) is 22.7. The van der Waals surface area contributed by atoms with E-state index in [-0.39, 0.29) is 11.3 Å². The molecule has 0 saturated carbocycles. The van der Waals surface area contributed by atoms with Gasteiger partial charge in [0, 0.05) is 19.5 Å². The number of rotatable bonds is 5. The molecular weight excluding hydrogens is 270 g/mol. The highest BCUT2D eigenvalue weighted by atomic mass is 16.4. The van der Waals surface area contributed by atoms with E-state index in [2.05, 4.69) is 5.32 Å². The minimum atomic E-state index is -1.09. The molecule has 21 heavy (non-hydrogen) atoms. The molecule has 0 unspecified atom stereocenters. The number of furan rings is 1. The van der Waals surface area contributed by atoms with Gasteiger partial charge in [0.2, 0.25) is 0 Å². The smallest absolute Gasteiger partial charge is 0.339 e. The van der Waals surface area contributed by atoms with Crippen LogP contribution in [0.15, 0.2) is 34.7 Å². The molecule has 2 N–H and O–H groups in total. The Kier molecular flexibility index (Phi) is 4.42. The molecule has 0 bridgehead atoms. The van der Waals surface area contributed by atoms with E-state index in [9.17, 15) is 14.7 Å². The standard InChI is InChI=1S/C16H17NO4/c1-10-3-5-11(6-4-10)7-8-13-12(16(19)20)9-14(21-13)15(18)17-2/h3-6,9H,7-8H2,1-2H3,(H,17,18)(H,19,20). The molecule has 5 nitrogen and oxygen atoms in total. The molecule has 0 aliphatic rings. The van der Waals surface area contributed by atoms with Gasteiger partial charge in [0.05, 0.1) is 0 Å². The van der Waals surface area contributed by atoms with E-state index in [1.165, 1.54) is 18.7 Å². The lowest BCUT2D eigenvalue weighted by Crippen LogP contribution is -2.16. The monoisotopic (exact) mass is 287 g/mol. The van der Waals surface area contributed by atoms with Crippen molar-refractivity contribution in [3.8, 4) is 0 Å². The largest absolute Gasteiger partial charge is 0.478 e. The quantitative estimate of drug-likeness (QED) is 0.885. The molecule has 2 aromatic rings. The number of carboxylic acids is 1. The number of nitrogens with one attached hydrogen (secondary N) is 1. The van der Waals surface area contributed by atoms with Crippen LogP contribution in [-0.2, 0) is 12.8 Å². The lowest BCUT2D eigenvalue weighted by molar-refractivity contribution is 0.0694. The average Bonchev–Trinajstić information content (AvgIpc) is 2.90. The fraction of sp³-hybridized carbons (Fsp3) is 0.250. The Bertz CT molecular complexity index is 655. The molecule has 0 aliphatic heterocycles. The van der Waals surface area contributed by atoms with Gasteiger partial charge in [-0.25, -0.2) is 4.79 Å². The number of amides is 1. The molecule has 0 saturated heterocycles. The first-order valence-corrected chi connectivity index (χ1v) is 6.65. The number of carbonyl (C=O) groups is 2. The molecule has 0 spiro atoms. The van der Waals surface area contributed by atoms with Crippen molar-refractivity contribution in [3.05, 3.63) is 58.5 Å². The van der Waals surface area contributed by atoms with Crippen molar-refractivity contribution in [2.45, 2.75) is 19.8 Å². The molecule has 110 valence electrons. The number of carbonyl (C=O) groups excluding carboxylic acids is 1. The van der Waals surface area contributed by atoms with Crippen LogP contribution in [0.1, 0.15) is 37.8 Å². The second-order valence-electron chi connectivity index (χ2n) is 4.82. The Labute approximate surface area is 122 Å². The van der Waals surface area contributed by atoms with Crippen LogP contribution >= 0.6 is 0 Å². The summed E-state index contributed by atoms with van der Waals surface area (Å²) < 4.78 is 5.38. The molecule has 1 amide bonds. The van der Waals surface area contributed by atoms with Crippen molar-refractivity contribution in [3.63, 3.8) is 0 Å². The maximum atomic E-state index is 11.5. The Morgan fingerprint density at radius 1 is 1.19 bits per heavy atom. The van der Waals surface area contributed by atoms with Crippen LogP contribution in [0.4, 0.5) is 0 Å². The van der Waals surface area contributed by atoms with Crippen molar-refractivity contribution in [2.24, 2.45) is 0 Å². The minimum absolute atomic E-state index is 0.0220. The van der Waals surface area contributed by atoms with Gasteiger partial charge < -0.3 is 14.8 Å². The van der Waals surface area contributed by atoms with Gasteiger partial charge in [-0.1, -0.05) is 29.8 Å². The van der Waals surface area contributed by atoms with Crippen LogP contribution in [-0.4, -0.2) is 24.0 Å². The van der Waals surface area contributed by atoms with Gasteiger partial charge in [0.1, 0.15) is 11.3 Å². The molecule has 0 aliphatic carbocycles. The van der Waals surface area contributed by atoms with Crippen LogP contribution < -0.4 is 5.32 Å². The SMILES string of the molecule is CNC(=O)c1cc(C(=O)O)c(CCc2ccc(C)cc2)o1. The second-order valence-corrected chi connectivity index (χ2v) is 4.82. The molecule has 1 aromatic carbocycles. The second kappa shape index (κ2) is 6.26. The van der Waals surface area contributed by atoms with Crippen LogP contribution in [0.5, 0.6) is 0 Å². The van der Waals surface area contributed by atoms with Gasteiger partial charge >= 0.3 is 5.97 Å². The summed E-state index contributed by atoms with van der Waals surface area (Å²) >= 11 is 0. The van der Waals surface area contributed by atoms with Gasteiger partial charge in [-0.3, -0.25) is 4.79 Å². The lowest BCUT2D eigenvalue weighted by Gasteiger charge is -2.01. The molecule has 0 radical (unpaired) electrons. The zero-order valence-corrected chi connectivity index (χ0v) is 12.0. The molecule has 0 fully saturated rings. The van der Waals surface area contributed by atoms with Crippen molar-refractivity contribution in [2.75, 3.05) is 7.05 Å². The molecule has 5 heteroatoms. The van der Waals surface area contributed by atoms with E-state index in [0.29, 0.717) is 18.6 Å². The Balaban J connectivity index is 2.18. The number of benzene rings is 1. The van der Waals surface area contributed by atoms with Gasteiger partial charge in [-0.05, 0) is 18.9 Å². The molecule has 2 rings (SSSR count). The van der Waals surface area contributed by atoms with E-state index in [0.717, 1.165) is 5.56 Å². The van der Waals surface area contributed by atoms with Gasteiger partial charge in [0.15, 0.2) is 5.76 Å². The highest BCUT2D eigenvalue weighted by Gasteiger charge is 2.20. The van der Waals surface area contributed by atoms with Crippen LogP contribution in [0.3, 0.4) is 0 Å². The van der Waals surface area contributed by atoms with E-state index < -0.39 is 11.9 Å². The Hall–Kier alpha value is -2.56. The van der Waals surface area contributed by atoms with Crippen molar-refractivity contribution in [1.29, 1.82) is 0 Å². The summed E-state index contributed by atoms with van der Waals surface area (Å²) in [5.41, 5.74) is 2.31. The Morgan fingerprint density at radius 3 is 2.43 bits per heavy atom. The molecular formula is C16H17NO4. The minimum Gasteiger partial charge on any atom is -0.478 e. The first kappa shape index (κ1) is 14.8. The third-order valence-electron chi connectivity index (χ3n) is 3.25. The third kappa shape index (κ3) is 3.51. The average molecular weight is 287 g/mol. The maximum Gasteiger partial charge on any atom is 0.339 e. The highest BCUT2D eigenvalue weighted by Crippen LogP contribution is 2.18. The summed E-state index contributed by atoms with van der Waals surface area (Å²) in [7, 11) is 1.47. The third-order valence-corrected chi connectivity index (χ3v) is 3.25. The first-order chi connectivity index (χ1) is 10.0. The van der Waals surface area contributed by atoms with E-state index >= 15 is 0 Å². The zero-order chi connectivity index (χ0) is 15.4. The summed E-state index contributed by atoms with van der Waals surface area (Å²) in [6.45, 7) is 2.01. The van der Waals surface area contributed by atoms with E-state index in [4.69, 9.17) is 4.42 Å². The van der Waals surface area contributed by atoms with Crippen LogP contribution in [0.2, 0.25) is 0 Å². The zero-order valence-electron chi connectivity index (χ0n) is 12.0. The van der Waals surface area contributed by atoms with Crippen molar-refractivity contribution >= 4 is 11.9 Å². The van der Waals surface area contributed by atoms with Crippen molar-refractivity contribution in [1.82, 2.24) is 5.32 Å². The first-order valence-electron chi connectivity index (χ1n) is 6.65. The summed E-state index contributed by atoms with van der Waals surface area (Å²) in [6, 6.07) is 9.28. The predicted octanol–water partition coefficient (Wildman–Crippen LogP) is 2.43. The van der Waals surface area contributed by atoms with Gasteiger partial charge in [-0.15, -0.1) is 0 Å². The number of hydrogen-bond donors (Lipinski definition) is 2. The van der Waals surface area contributed by atoms with Crippen molar-refractivity contribution < 1.29 is 19.1 Å². The van der Waals surface area contributed by atoms with E-state index in [1.54, 1.807) is 0 Å².